The van der Waals surface area contributed by atoms with E-state index in [1.807, 2.05) is 0 Å². The van der Waals surface area contributed by atoms with Crippen molar-refractivity contribution in [2.24, 2.45) is 5.92 Å². The van der Waals surface area contributed by atoms with Crippen molar-refractivity contribution in [1.82, 2.24) is 10.2 Å². The molecule has 1 fully saturated rings. The number of nitriles is 1. The van der Waals surface area contributed by atoms with Crippen LogP contribution in [0.15, 0.2) is 0 Å². The molecule has 3 nitrogen and oxygen atoms in total. The summed E-state index contributed by atoms with van der Waals surface area (Å²) in [5, 5.41) is 12.9. The van der Waals surface area contributed by atoms with Crippen LogP contribution in [0.5, 0.6) is 0 Å². The van der Waals surface area contributed by atoms with Gasteiger partial charge in [-0.05, 0) is 40.5 Å². The molecular formula is C16H31N3. The first kappa shape index (κ1) is 16.5. The lowest BCUT2D eigenvalue weighted by molar-refractivity contribution is 0.172. The van der Waals surface area contributed by atoms with Crippen LogP contribution < -0.4 is 5.32 Å². The molecule has 0 aromatic heterocycles. The van der Waals surface area contributed by atoms with Gasteiger partial charge in [0.15, 0.2) is 0 Å². The van der Waals surface area contributed by atoms with Crippen LogP contribution in [0.1, 0.15) is 59.8 Å². The maximum absolute atomic E-state index is 9.27. The smallest absolute Gasteiger partial charge is 0.0672 e. The van der Waals surface area contributed by atoms with E-state index in [0.29, 0.717) is 18.1 Å². The number of hydrogen-bond donors (Lipinski definition) is 1. The van der Waals surface area contributed by atoms with E-state index < -0.39 is 0 Å². The Bertz CT molecular complexity index is 272. The highest BCUT2D eigenvalue weighted by Crippen LogP contribution is 2.22. The van der Waals surface area contributed by atoms with E-state index in [9.17, 15) is 5.26 Å². The fourth-order valence-electron chi connectivity index (χ4n) is 3.20. The molecular weight excluding hydrogens is 234 g/mol. The highest BCUT2D eigenvalue weighted by atomic mass is 15.2. The molecule has 0 heterocycles. The standard InChI is InChI=1S/C16H31N3/c1-13(2)19(14(3)4)11-10-18-16-9-7-5-6-8-15(16)12-17/h13-16,18H,5-11H2,1-4H3. The Balaban J connectivity index is 2.39. The van der Waals surface area contributed by atoms with Crippen LogP contribution in [0.2, 0.25) is 0 Å². The molecule has 0 spiro atoms. The van der Waals surface area contributed by atoms with Gasteiger partial charge in [0.05, 0.1) is 12.0 Å². The molecule has 0 aromatic rings. The van der Waals surface area contributed by atoms with Crippen LogP contribution in [-0.4, -0.2) is 36.1 Å². The Morgan fingerprint density at radius 1 is 1.11 bits per heavy atom. The van der Waals surface area contributed by atoms with Gasteiger partial charge in [0.1, 0.15) is 0 Å². The number of nitrogens with one attached hydrogen (secondary N) is 1. The summed E-state index contributed by atoms with van der Waals surface area (Å²) in [6.07, 6.45) is 6.03. The van der Waals surface area contributed by atoms with E-state index in [1.165, 1.54) is 25.7 Å². The molecule has 0 radical (unpaired) electrons. The summed E-state index contributed by atoms with van der Waals surface area (Å²) in [5.74, 6) is 0.217. The Morgan fingerprint density at radius 2 is 1.74 bits per heavy atom. The topological polar surface area (TPSA) is 39.1 Å². The van der Waals surface area contributed by atoms with Crippen molar-refractivity contribution < 1.29 is 0 Å². The minimum atomic E-state index is 0.217. The van der Waals surface area contributed by atoms with Crippen molar-refractivity contribution >= 4 is 0 Å². The Kier molecular flexibility index (Phi) is 7.41. The van der Waals surface area contributed by atoms with Crippen molar-refractivity contribution in [3.8, 4) is 6.07 Å². The maximum Gasteiger partial charge on any atom is 0.0672 e. The number of rotatable bonds is 6. The summed E-state index contributed by atoms with van der Waals surface area (Å²) in [4.78, 5) is 2.51. The van der Waals surface area contributed by atoms with Gasteiger partial charge in [0, 0.05) is 31.2 Å². The largest absolute Gasteiger partial charge is 0.311 e. The normalized spacial score (nSPS) is 24.7. The Hall–Kier alpha value is -0.590. The van der Waals surface area contributed by atoms with Crippen molar-refractivity contribution in [1.29, 1.82) is 5.26 Å². The summed E-state index contributed by atoms with van der Waals surface area (Å²) in [5.41, 5.74) is 0. The lowest BCUT2D eigenvalue weighted by Gasteiger charge is -2.31. The Labute approximate surface area is 119 Å². The number of nitrogens with zero attached hydrogens (tertiary/aromatic N) is 2. The molecule has 2 atom stereocenters. The molecule has 1 aliphatic rings. The van der Waals surface area contributed by atoms with Crippen LogP contribution in [0.3, 0.4) is 0 Å². The van der Waals surface area contributed by atoms with Gasteiger partial charge >= 0.3 is 0 Å². The summed E-state index contributed by atoms with van der Waals surface area (Å²) in [6, 6.07) is 4.08. The third-order valence-corrected chi connectivity index (χ3v) is 4.28. The molecule has 0 bridgehead atoms. The van der Waals surface area contributed by atoms with Crippen LogP contribution >= 0.6 is 0 Å². The second-order valence-corrected chi connectivity index (χ2v) is 6.36. The predicted molar refractivity (Wildman–Crippen MR) is 81.0 cm³/mol. The quantitative estimate of drug-likeness (QED) is 0.750. The molecule has 0 aromatic carbocycles. The van der Waals surface area contributed by atoms with Gasteiger partial charge in [-0.15, -0.1) is 0 Å². The zero-order valence-electron chi connectivity index (χ0n) is 13.2. The van der Waals surface area contributed by atoms with Crippen molar-refractivity contribution in [3.63, 3.8) is 0 Å². The first-order chi connectivity index (χ1) is 9.06. The van der Waals surface area contributed by atoms with Gasteiger partial charge in [0.25, 0.3) is 0 Å². The lowest BCUT2D eigenvalue weighted by Crippen LogP contribution is -2.44. The van der Waals surface area contributed by atoms with E-state index in [-0.39, 0.29) is 5.92 Å². The molecule has 110 valence electrons. The SMILES string of the molecule is CC(C)N(CCNC1CCCCCC1C#N)C(C)C. The molecule has 0 saturated heterocycles. The van der Waals surface area contributed by atoms with E-state index in [1.54, 1.807) is 0 Å². The first-order valence-electron chi connectivity index (χ1n) is 7.95. The van der Waals surface area contributed by atoms with Gasteiger partial charge in [-0.3, -0.25) is 4.90 Å². The van der Waals surface area contributed by atoms with Crippen molar-refractivity contribution in [3.05, 3.63) is 0 Å². The van der Waals surface area contributed by atoms with Gasteiger partial charge < -0.3 is 5.32 Å². The molecule has 1 N–H and O–H groups in total. The average Bonchev–Trinajstić information content (AvgIpc) is 2.58. The summed E-state index contributed by atoms with van der Waals surface area (Å²) in [7, 11) is 0. The highest BCUT2D eigenvalue weighted by Gasteiger charge is 2.23. The zero-order chi connectivity index (χ0) is 14.3. The fourth-order valence-corrected chi connectivity index (χ4v) is 3.20. The molecule has 0 aliphatic heterocycles. The average molecular weight is 265 g/mol. The fraction of sp³-hybridized carbons (Fsp3) is 0.938. The molecule has 1 saturated carbocycles. The molecule has 1 aliphatic carbocycles. The lowest BCUT2D eigenvalue weighted by atomic mass is 9.96. The van der Waals surface area contributed by atoms with E-state index in [4.69, 9.17) is 0 Å². The third-order valence-electron chi connectivity index (χ3n) is 4.28. The van der Waals surface area contributed by atoms with Crippen molar-refractivity contribution in [2.75, 3.05) is 13.1 Å². The van der Waals surface area contributed by atoms with Gasteiger partial charge in [0.2, 0.25) is 0 Å². The zero-order valence-corrected chi connectivity index (χ0v) is 13.2. The number of hydrogen-bond acceptors (Lipinski definition) is 3. The minimum Gasteiger partial charge on any atom is -0.311 e. The molecule has 1 rings (SSSR count). The van der Waals surface area contributed by atoms with E-state index >= 15 is 0 Å². The van der Waals surface area contributed by atoms with Gasteiger partial charge in [-0.2, -0.15) is 5.26 Å². The van der Waals surface area contributed by atoms with E-state index in [2.05, 4.69) is 44.0 Å². The minimum absolute atomic E-state index is 0.217. The molecule has 19 heavy (non-hydrogen) atoms. The van der Waals surface area contributed by atoms with E-state index in [0.717, 1.165) is 19.5 Å². The van der Waals surface area contributed by atoms with Gasteiger partial charge in [-0.25, -0.2) is 0 Å². The van der Waals surface area contributed by atoms with Crippen LogP contribution in [-0.2, 0) is 0 Å². The summed E-state index contributed by atoms with van der Waals surface area (Å²) < 4.78 is 0. The van der Waals surface area contributed by atoms with Crippen LogP contribution in [0, 0.1) is 17.2 Å². The third kappa shape index (κ3) is 5.50. The monoisotopic (exact) mass is 265 g/mol. The van der Waals surface area contributed by atoms with Crippen molar-refractivity contribution in [2.45, 2.75) is 77.9 Å². The molecule has 2 unspecified atom stereocenters. The first-order valence-corrected chi connectivity index (χ1v) is 7.95. The van der Waals surface area contributed by atoms with Crippen LogP contribution in [0.25, 0.3) is 0 Å². The Morgan fingerprint density at radius 3 is 2.32 bits per heavy atom. The molecule has 3 heteroatoms. The maximum atomic E-state index is 9.27. The summed E-state index contributed by atoms with van der Waals surface area (Å²) in [6.45, 7) is 11.1. The predicted octanol–water partition coefficient (Wildman–Crippen LogP) is 3.17. The highest BCUT2D eigenvalue weighted by molar-refractivity contribution is 4.93. The molecule has 0 amide bonds. The summed E-state index contributed by atoms with van der Waals surface area (Å²) >= 11 is 0. The van der Waals surface area contributed by atoms with Crippen LogP contribution in [0.4, 0.5) is 0 Å². The second kappa shape index (κ2) is 8.55. The van der Waals surface area contributed by atoms with Gasteiger partial charge in [-0.1, -0.05) is 19.3 Å². The second-order valence-electron chi connectivity index (χ2n) is 6.36.